The number of fused-ring (bicyclic) bond motifs is 3. The molecule has 0 atom stereocenters. The minimum atomic E-state index is -0.501. The monoisotopic (exact) mass is 544 g/mol. The van der Waals surface area contributed by atoms with E-state index in [9.17, 15) is 19.2 Å². The first-order valence-electron chi connectivity index (χ1n) is 13.3. The van der Waals surface area contributed by atoms with Gasteiger partial charge in [0.05, 0.1) is 24.7 Å². The number of hydrogen-bond acceptors (Lipinski definition) is 6. The van der Waals surface area contributed by atoms with E-state index in [1.165, 1.54) is 11.7 Å². The number of aliphatic hydroxyl groups excluding tert-OH is 1. The van der Waals surface area contributed by atoms with Gasteiger partial charge in [-0.2, -0.15) is 0 Å². The van der Waals surface area contributed by atoms with Gasteiger partial charge in [-0.05, 0) is 24.8 Å². The minimum absolute atomic E-state index is 0.156. The minimum Gasteiger partial charge on any atom is -0.493 e. The number of ketones is 1. The van der Waals surface area contributed by atoms with Gasteiger partial charge in [0.2, 0.25) is 5.91 Å². The average molecular weight is 545 g/mol. The van der Waals surface area contributed by atoms with E-state index < -0.39 is 12.2 Å². The maximum Gasteiger partial charge on any atom is 0.271 e. The summed E-state index contributed by atoms with van der Waals surface area (Å²) in [6, 6.07) is 16.1. The smallest absolute Gasteiger partial charge is 0.271 e. The predicted molar refractivity (Wildman–Crippen MR) is 151 cm³/mol. The molecule has 2 aromatic carbocycles. The fourth-order valence-corrected chi connectivity index (χ4v) is 5.60. The van der Waals surface area contributed by atoms with Gasteiger partial charge >= 0.3 is 0 Å². The predicted octanol–water partition coefficient (Wildman–Crippen LogP) is 2.35. The molecular weight excluding hydrogens is 512 g/mol. The van der Waals surface area contributed by atoms with Crippen molar-refractivity contribution in [2.75, 3.05) is 33.4 Å². The number of aliphatic hydroxyl groups is 1. The molecule has 1 saturated heterocycles. The molecule has 0 bridgehead atoms. The fraction of sp³-hybridized carbons (Fsp3) is 0.333. The van der Waals surface area contributed by atoms with Crippen LogP contribution >= 0.6 is 0 Å². The number of aromatic nitrogens is 2. The Kier molecular flexibility index (Phi) is 7.70. The van der Waals surface area contributed by atoms with E-state index in [0.29, 0.717) is 49.1 Å². The van der Waals surface area contributed by atoms with Crippen LogP contribution in [0, 0.1) is 5.92 Å². The summed E-state index contributed by atoms with van der Waals surface area (Å²) < 4.78 is 8.79. The number of carbonyl (C=O) groups excluding carboxylic acids is 3. The van der Waals surface area contributed by atoms with Crippen LogP contribution in [-0.2, 0) is 18.4 Å². The van der Waals surface area contributed by atoms with Crippen LogP contribution in [0.25, 0.3) is 21.8 Å². The molecule has 10 heteroatoms. The lowest BCUT2D eigenvalue weighted by molar-refractivity contribution is -0.135. The number of hydrogen-bond donors (Lipinski definition) is 2. The first-order chi connectivity index (χ1) is 19.3. The van der Waals surface area contributed by atoms with Crippen LogP contribution in [-0.4, -0.2) is 70.1 Å². The molecule has 40 heavy (non-hydrogen) atoms. The molecule has 0 aliphatic carbocycles. The molecule has 0 radical (unpaired) electrons. The highest BCUT2D eigenvalue weighted by molar-refractivity contribution is 6.12. The molecule has 3 heterocycles. The summed E-state index contributed by atoms with van der Waals surface area (Å²) in [6.07, 6.45) is 1.42. The normalized spacial score (nSPS) is 14.0. The van der Waals surface area contributed by atoms with Crippen molar-refractivity contribution in [3.8, 4) is 5.75 Å². The number of ether oxygens (including phenoxy) is 1. The second-order valence-corrected chi connectivity index (χ2v) is 10.1. The maximum absolute atomic E-state index is 13.9. The van der Waals surface area contributed by atoms with Crippen LogP contribution in [0.1, 0.15) is 33.7 Å². The summed E-state index contributed by atoms with van der Waals surface area (Å²) >= 11 is 0. The molecule has 0 unspecified atom stereocenters. The van der Waals surface area contributed by atoms with Crippen LogP contribution in [0.5, 0.6) is 5.75 Å². The largest absolute Gasteiger partial charge is 0.493 e. The molecule has 4 aromatic rings. The molecule has 1 aliphatic rings. The van der Waals surface area contributed by atoms with Gasteiger partial charge in [-0.15, -0.1) is 0 Å². The first-order valence-corrected chi connectivity index (χ1v) is 13.3. The number of para-hydroxylation sites is 1. The molecule has 1 fully saturated rings. The maximum atomic E-state index is 13.9. The summed E-state index contributed by atoms with van der Waals surface area (Å²) in [5.41, 5.74) is 1.46. The van der Waals surface area contributed by atoms with Gasteiger partial charge in [0, 0.05) is 37.6 Å². The molecule has 0 saturated carbocycles. The zero-order valence-corrected chi connectivity index (χ0v) is 22.6. The Morgan fingerprint density at radius 1 is 1.02 bits per heavy atom. The van der Waals surface area contributed by atoms with Crippen molar-refractivity contribution in [3.05, 3.63) is 76.2 Å². The lowest BCUT2D eigenvalue weighted by Gasteiger charge is -2.31. The van der Waals surface area contributed by atoms with Crippen LogP contribution in [0.15, 0.2) is 59.4 Å². The number of methoxy groups -OCH3 is 1. The molecule has 2 amide bonds. The van der Waals surface area contributed by atoms with E-state index in [0.717, 1.165) is 5.39 Å². The summed E-state index contributed by atoms with van der Waals surface area (Å²) in [7, 11) is 3.15. The van der Waals surface area contributed by atoms with Crippen LogP contribution in [0.4, 0.5) is 0 Å². The van der Waals surface area contributed by atoms with Crippen molar-refractivity contribution in [3.63, 3.8) is 0 Å². The number of carbonyl (C=O) groups is 3. The van der Waals surface area contributed by atoms with E-state index in [2.05, 4.69) is 5.32 Å². The summed E-state index contributed by atoms with van der Waals surface area (Å²) in [5, 5.41) is 13.0. The van der Waals surface area contributed by atoms with Gasteiger partial charge in [-0.3, -0.25) is 23.7 Å². The summed E-state index contributed by atoms with van der Waals surface area (Å²) in [4.78, 5) is 53.9. The Balaban J connectivity index is 1.50. The zero-order valence-electron chi connectivity index (χ0n) is 22.6. The number of nitrogens with one attached hydrogen (secondary N) is 1. The Hall–Kier alpha value is -4.44. The number of benzene rings is 2. The Morgan fingerprint density at radius 2 is 1.70 bits per heavy atom. The molecule has 10 nitrogen and oxygen atoms in total. The third-order valence-electron chi connectivity index (χ3n) is 7.73. The van der Waals surface area contributed by atoms with Crippen molar-refractivity contribution in [2.45, 2.75) is 19.4 Å². The number of rotatable bonds is 8. The van der Waals surface area contributed by atoms with Gasteiger partial charge in [-0.1, -0.05) is 48.5 Å². The van der Waals surface area contributed by atoms with Gasteiger partial charge in [0.1, 0.15) is 12.0 Å². The number of pyridine rings is 1. The zero-order chi connectivity index (χ0) is 28.4. The third-order valence-corrected chi connectivity index (χ3v) is 7.73. The molecular formula is C30H32N4O6. The summed E-state index contributed by atoms with van der Waals surface area (Å²) in [6.45, 7) is 0.811. The second kappa shape index (κ2) is 11.4. The van der Waals surface area contributed by atoms with Gasteiger partial charge < -0.3 is 24.6 Å². The first kappa shape index (κ1) is 27.1. The topological polar surface area (TPSA) is 123 Å². The highest BCUT2D eigenvalue weighted by atomic mass is 16.5. The van der Waals surface area contributed by atoms with Crippen molar-refractivity contribution >= 4 is 39.4 Å². The third kappa shape index (κ3) is 4.86. The van der Waals surface area contributed by atoms with Gasteiger partial charge in [0.25, 0.3) is 11.5 Å². The Labute approximate surface area is 230 Å². The number of aryl methyl sites for hydroxylation is 1. The van der Waals surface area contributed by atoms with E-state index in [-0.39, 0.29) is 46.9 Å². The number of amides is 2. The molecule has 2 N–H and O–H groups in total. The summed E-state index contributed by atoms with van der Waals surface area (Å²) in [5.74, 6) is -0.526. The number of Topliss-reactive ketones (excluding diaryl/α,β-unsaturated/α-hetero) is 1. The van der Waals surface area contributed by atoms with E-state index in [1.54, 1.807) is 46.8 Å². The molecule has 2 aromatic heterocycles. The number of nitrogens with zero attached hydrogens (tertiary/aromatic N) is 3. The average Bonchev–Trinajstić information content (AvgIpc) is 3.30. The quantitative estimate of drug-likeness (QED) is 0.329. The highest BCUT2D eigenvalue weighted by Gasteiger charge is 2.29. The van der Waals surface area contributed by atoms with Gasteiger partial charge in [0.15, 0.2) is 17.2 Å². The van der Waals surface area contributed by atoms with Crippen LogP contribution in [0.2, 0.25) is 0 Å². The molecule has 1 aliphatic heterocycles. The molecule has 0 spiro atoms. The lowest BCUT2D eigenvalue weighted by atomic mass is 9.96. The standard InChI is InChI=1S/C30H32N4O6/c1-32-26-21-10-6-7-11-22(21)34(17-23(36)20-8-4-3-5-9-20)30(39)25(26)28(40-2)27(32)29(38)31-16-19-12-14-33(15-13-19)24(37)18-35/h3-11,19,35H,12-18H2,1-2H3,(H,31,38). The number of piperidine rings is 1. The van der Waals surface area contributed by atoms with Crippen molar-refractivity contribution < 1.29 is 24.2 Å². The van der Waals surface area contributed by atoms with Crippen molar-refractivity contribution in [1.29, 1.82) is 0 Å². The second-order valence-electron chi connectivity index (χ2n) is 10.1. The van der Waals surface area contributed by atoms with Gasteiger partial charge in [-0.25, -0.2) is 0 Å². The molecule has 208 valence electrons. The highest BCUT2D eigenvalue weighted by Crippen LogP contribution is 2.34. The van der Waals surface area contributed by atoms with Crippen LogP contribution < -0.4 is 15.6 Å². The lowest BCUT2D eigenvalue weighted by Crippen LogP contribution is -2.42. The van der Waals surface area contributed by atoms with Crippen LogP contribution in [0.3, 0.4) is 0 Å². The van der Waals surface area contributed by atoms with E-state index in [1.807, 2.05) is 24.3 Å². The SMILES string of the molecule is COc1c(C(=O)NCC2CCN(C(=O)CO)CC2)n(C)c2c1c(=O)n(CC(=O)c1ccccc1)c1ccccc21. The molecule has 5 rings (SSSR count). The van der Waals surface area contributed by atoms with Crippen molar-refractivity contribution in [2.24, 2.45) is 13.0 Å². The Bertz CT molecular complexity index is 1650. The number of likely N-dealkylation sites (tertiary alicyclic amines) is 1. The van der Waals surface area contributed by atoms with Crippen molar-refractivity contribution in [1.82, 2.24) is 19.4 Å². The Morgan fingerprint density at radius 3 is 2.38 bits per heavy atom. The van der Waals surface area contributed by atoms with E-state index >= 15 is 0 Å². The van der Waals surface area contributed by atoms with E-state index in [4.69, 9.17) is 9.84 Å². The fourth-order valence-electron chi connectivity index (χ4n) is 5.60.